The van der Waals surface area contributed by atoms with E-state index < -0.39 is 0 Å². The molecule has 0 spiro atoms. The number of rotatable bonds is 0. The second-order valence-corrected chi connectivity index (χ2v) is 1.81. The van der Waals surface area contributed by atoms with Crippen LogP contribution in [0.3, 0.4) is 0 Å². The van der Waals surface area contributed by atoms with Crippen molar-refractivity contribution in [1.82, 2.24) is 3.97 Å². The van der Waals surface area contributed by atoms with E-state index in [1.807, 2.05) is 27.7 Å². The molecule has 2 nitrogen and oxygen atoms in total. The van der Waals surface area contributed by atoms with Crippen molar-refractivity contribution in [2.75, 3.05) is 0 Å². The molecule has 0 aliphatic carbocycles. The van der Waals surface area contributed by atoms with Gasteiger partial charge < -0.3 is 0 Å². The van der Waals surface area contributed by atoms with E-state index in [2.05, 4.69) is 12.8 Å². The Bertz CT molecular complexity index is 232. The summed E-state index contributed by atoms with van der Waals surface area (Å²) in [7, 11) is 0. The van der Waals surface area contributed by atoms with Crippen LogP contribution in [0.5, 0.6) is 0 Å². The van der Waals surface area contributed by atoms with Crippen LogP contribution in [-0.4, -0.2) is 3.97 Å². The van der Waals surface area contributed by atoms with Gasteiger partial charge in [0.05, 0.1) is 0 Å². The predicted molar refractivity (Wildman–Crippen MR) is 57.8 cm³/mol. The number of pyridine rings is 1. The Hall–Kier alpha value is -0.700. The van der Waals surface area contributed by atoms with Gasteiger partial charge in [0.2, 0.25) is 0 Å². The summed E-state index contributed by atoms with van der Waals surface area (Å²) in [6, 6.07) is 4.87. The fraction of sp³-hybridized carbons (Fsp3) is 0.444. The Balaban J connectivity index is 0. The first-order valence-corrected chi connectivity index (χ1v) is 4.57. The molecule has 70 valence electrons. The molecule has 1 aromatic heterocycles. The second-order valence-electron chi connectivity index (χ2n) is 1.38. The Morgan fingerprint density at radius 3 is 1.92 bits per heavy atom. The largest absolute Gasteiger partial charge is 0.268 e. The highest BCUT2D eigenvalue weighted by Gasteiger charge is 1.80. The lowest BCUT2D eigenvalue weighted by molar-refractivity contribution is 1.16. The van der Waals surface area contributed by atoms with Gasteiger partial charge in [-0.1, -0.05) is 46.6 Å². The van der Waals surface area contributed by atoms with Crippen molar-refractivity contribution < 1.29 is 0 Å². The average molecular weight is 187 g/mol. The first-order chi connectivity index (χ1) is 5.80. The molecule has 0 amide bonds. The molecular weight excluding hydrogens is 170 g/mol. The van der Waals surface area contributed by atoms with Crippen molar-refractivity contribution in [2.24, 2.45) is 0 Å². The van der Waals surface area contributed by atoms with Gasteiger partial charge in [-0.2, -0.15) is 0 Å². The highest BCUT2D eigenvalue weighted by atomic mass is 32.1. The van der Waals surface area contributed by atoms with E-state index in [0.29, 0.717) is 0 Å². The van der Waals surface area contributed by atoms with Gasteiger partial charge in [-0.05, 0) is 6.07 Å². The van der Waals surface area contributed by atoms with Crippen molar-refractivity contribution in [2.45, 2.75) is 27.7 Å². The SMILES string of the molecule is CC.CC.O=c1ccccn1S. The molecule has 0 aliphatic heterocycles. The summed E-state index contributed by atoms with van der Waals surface area (Å²) in [5.74, 6) is 0. The zero-order valence-corrected chi connectivity index (χ0v) is 9.01. The molecule has 0 saturated carbocycles. The smallest absolute Gasteiger partial charge is 0.260 e. The van der Waals surface area contributed by atoms with E-state index in [0.717, 1.165) is 0 Å². The summed E-state index contributed by atoms with van der Waals surface area (Å²) in [5, 5.41) is 0. The fourth-order valence-corrected chi connectivity index (χ4v) is 0.563. The van der Waals surface area contributed by atoms with Crippen LogP contribution in [0.1, 0.15) is 27.7 Å². The van der Waals surface area contributed by atoms with Crippen LogP contribution in [0.25, 0.3) is 0 Å². The number of aromatic nitrogens is 1. The van der Waals surface area contributed by atoms with Crippen LogP contribution >= 0.6 is 12.8 Å². The summed E-state index contributed by atoms with van der Waals surface area (Å²) in [6.45, 7) is 8.00. The van der Waals surface area contributed by atoms with Crippen molar-refractivity contribution in [3.63, 3.8) is 0 Å². The van der Waals surface area contributed by atoms with Crippen LogP contribution < -0.4 is 5.56 Å². The summed E-state index contributed by atoms with van der Waals surface area (Å²) in [5.41, 5.74) is -0.101. The Morgan fingerprint density at radius 2 is 1.67 bits per heavy atom. The first kappa shape index (κ1) is 13.9. The maximum atomic E-state index is 10.5. The van der Waals surface area contributed by atoms with E-state index in [4.69, 9.17) is 0 Å². The topological polar surface area (TPSA) is 22.0 Å². The minimum atomic E-state index is -0.101. The number of hydrogen-bond acceptors (Lipinski definition) is 2. The quantitative estimate of drug-likeness (QED) is 0.620. The monoisotopic (exact) mass is 187 g/mol. The molecule has 0 fully saturated rings. The number of nitrogens with zero attached hydrogens (tertiary/aromatic N) is 1. The van der Waals surface area contributed by atoms with Crippen molar-refractivity contribution in [1.29, 1.82) is 0 Å². The minimum absolute atomic E-state index is 0.101. The molecule has 1 aromatic rings. The van der Waals surface area contributed by atoms with Crippen LogP contribution in [0, 0.1) is 0 Å². The third-order valence-corrected chi connectivity index (χ3v) is 1.13. The number of thiol groups is 1. The van der Waals surface area contributed by atoms with Gasteiger partial charge >= 0.3 is 0 Å². The molecule has 0 radical (unpaired) electrons. The van der Waals surface area contributed by atoms with Crippen molar-refractivity contribution >= 4 is 12.8 Å². The molecule has 0 N–H and O–H groups in total. The third kappa shape index (κ3) is 6.04. The molecule has 0 aliphatic rings. The van der Waals surface area contributed by atoms with Gasteiger partial charge in [0, 0.05) is 12.3 Å². The van der Waals surface area contributed by atoms with E-state index in [9.17, 15) is 4.79 Å². The molecule has 0 unspecified atom stereocenters. The lowest BCUT2D eigenvalue weighted by Crippen LogP contribution is -2.08. The Morgan fingerprint density at radius 1 is 1.17 bits per heavy atom. The van der Waals surface area contributed by atoms with E-state index in [1.54, 1.807) is 18.3 Å². The normalized spacial score (nSPS) is 7.08. The maximum absolute atomic E-state index is 10.5. The zero-order valence-electron chi connectivity index (χ0n) is 8.11. The number of hydrogen-bond donors (Lipinski definition) is 1. The molecule has 0 saturated heterocycles. The van der Waals surface area contributed by atoms with Crippen molar-refractivity contribution in [3.8, 4) is 0 Å². The van der Waals surface area contributed by atoms with Gasteiger partial charge in [-0.3, -0.25) is 8.77 Å². The van der Waals surface area contributed by atoms with Gasteiger partial charge in [-0.25, -0.2) is 0 Å². The minimum Gasteiger partial charge on any atom is -0.268 e. The van der Waals surface area contributed by atoms with Crippen LogP contribution in [0.2, 0.25) is 0 Å². The van der Waals surface area contributed by atoms with Crippen LogP contribution in [0.15, 0.2) is 29.2 Å². The zero-order chi connectivity index (χ0) is 9.98. The maximum Gasteiger partial charge on any atom is 0.260 e. The van der Waals surface area contributed by atoms with Gasteiger partial charge in [0.25, 0.3) is 5.56 Å². The summed E-state index contributed by atoms with van der Waals surface area (Å²) in [6.07, 6.45) is 1.59. The molecule has 0 bridgehead atoms. The average Bonchev–Trinajstić information content (AvgIpc) is 2.17. The van der Waals surface area contributed by atoms with Crippen LogP contribution in [0.4, 0.5) is 0 Å². The summed E-state index contributed by atoms with van der Waals surface area (Å²) in [4.78, 5) is 10.5. The molecule has 3 heteroatoms. The molecule has 12 heavy (non-hydrogen) atoms. The van der Waals surface area contributed by atoms with E-state index >= 15 is 0 Å². The molecule has 1 heterocycles. The molecule has 0 atom stereocenters. The first-order valence-electron chi connectivity index (χ1n) is 4.17. The van der Waals surface area contributed by atoms with E-state index in [-0.39, 0.29) is 5.56 Å². The summed E-state index contributed by atoms with van der Waals surface area (Å²) >= 11 is 3.80. The predicted octanol–water partition coefficient (Wildman–Crippen LogP) is 2.59. The van der Waals surface area contributed by atoms with Crippen molar-refractivity contribution in [3.05, 3.63) is 34.7 Å². The standard InChI is InChI=1S/C5H5NOS.2C2H6/c7-5-3-1-2-4-6(5)8;2*1-2/h1-4,8H;2*1-2H3. The van der Waals surface area contributed by atoms with Crippen LogP contribution in [-0.2, 0) is 0 Å². The fourth-order valence-electron chi connectivity index (χ4n) is 0.419. The van der Waals surface area contributed by atoms with Gasteiger partial charge in [-0.15, -0.1) is 0 Å². The van der Waals surface area contributed by atoms with Gasteiger partial charge in [0.1, 0.15) is 0 Å². The third-order valence-electron chi connectivity index (χ3n) is 0.803. The Labute approximate surface area is 79.8 Å². The van der Waals surface area contributed by atoms with E-state index in [1.165, 1.54) is 10.0 Å². The second kappa shape index (κ2) is 10.3. The lowest BCUT2D eigenvalue weighted by Gasteiger charge is -1.87. The Kier molecular flexibility index (Phi) is 11.9. The highest BCUT2D eigenvalue weighted by molar-refractivity contribution is 7.78. The highest BCUT2D eigenvalue weighted by Crippen LogP contribution is 1.79. The lowest BCUT2D eigenvalue weighted by atomic mass is 10.5. The molecule has 0 aromatic carbocycles. The molecular formula is C9H17NOS. The molecule has 1 rings (SSSR count). The van der Waals surface area contributed by atoms with Gasteiger partial charge in [0.15, 0.2) is 0 Å². The summed E-state index contributed by atoms with van der Waals surface area (Å²) < 4.78 is 1.22.